The van der Waals surface area contributed by atoms with Gasteiger partial charge in [-0.1, -0.05) is 71.7 Å². The van der Waals surface area contributed by atoms with Crippen molar-refractivity contribution in [2.75, 3.05) is 4.90 Å². The highest BCUT2D eigenvalue weighted by Gasteiger charge is 2.46. The quantitative estimate of drug-likeness (QED) is 0.250. The molecule has 1 aliphatic rings. The van der Waals surface area contributed by atoms with Gasteiger partial charge in [0.2, 0.25) is 5.78 Å². The molecule has 5 nitrogen and oxygen atoms in total. The van der Waals surface area contributed by atoms with E-state index in [4.69, 9.17) is 27.6 Å². The van der Waals surface area contributed by atoms with E-state index in [2.05, 4.69) is 0 Å². The van der Waals surface area contributed by atoms with Crippen LogP contribution in [0, 0.1) is 0 Å². The molecule has 1 unspecified atom stereocenters. The highest BCUT2D eigenvalue weighted by Crippen LogP contribution is 2.44. The van der Waals surface area contributed by atoms with Crippen molar-refractivity contribution in [3.05, 3.63) is 124 Å². The molecule has 0 radical (unpaired) electrons. The molecule has 5 aromatic rings. The fraction of sp³-hybridized carbons (Fsp3) is 0.0345. The van der Waals surface area contributed by atoms with Gasteiger partial charge < -0.3 is 9.52 Å². The lowest BCUT2D eigenvalue weighted by Crippen LogP contribution is -2.31. The van der Waals surface area contributed by atoms with Crippen LogP contribution in [0.4, 0.5) is 5.69 Å². The molecule has 0 saturated carbocycles. The Labute approximate surface area is 215 Å². The van der Waals surface area contributed by atoms with Crippen molar-refractivity contribution in [3.63, 3.8) is 0 Å². The molecular formula is C29H17Cl2NO4. The predicted molar refractivity (Wildman–Crippen MR) is 141 cm³/mol. The maximum Gasteiger partial charge on any atom is 0.294 e. The van der Waals surface area contributed by atoms with E-state index in [-0.39, 0.29) is 11.3 Å². The minimum atomic E-state index is -0.911. The summed E-state index contributed by atoms with van der Waals surface area (Å²) in [6.07, 6.45) is 0. The summed E-state index contributed by atoms with van der Waals surface area (Å²) in [6.45, 7) is 0. The molecule has 1 aromatic heterocycles. The van der Waals surface area contributed by atoms with E-state index < -0.39 is 23.5 Å². The van der Waals surface area contributed by atoms with E-state index in [0.29, 0.717) is 32.3 Å². The summed E-state index contributed by atoms with van der Waals surface area (Å²) >= 11 is 12.3. The summed E-state index contributed by atoms with van der Waals surface area (Å²) in [7, 11) is 0. The summed E-state index contributed by atoms with van der Waals surface area (Å²) in [5, 5.41) is 14.4. The third-order valence-electron chi connectivity index (χ3n) is 6.36. The number of Topliss-reactive ketones (excluding diaryl/α,β-unsaturated/α-hetero) is 1. The lowest BCUT2D eigenvalue weighted by molar-refractivity contribution is -0.117. The summed E-state index contributed by atoms with van der Waals surface area (Å²) in [4.78, 5) is 28.7. The van der Waals surface area contributed by atoms with E-state index in [0.717, 1.165) is 10.8 Å². The highest BCUT2D eigenvalue weighted by molar-refractivity contribution is 6.31. The van der Waals surface area contributed by atoms with Crippen LogP contribution in [-0.4, -0.2) is 16.8 Å². The van der Waals surface area contributed by atoms with E-state index in [1.54, 1.807) is 48.5 Å². The molecule has 1 atom stereocenters. The maximum atomic E-state index is 13.9. The van der Waals surface area contributed by atoms with E-state index in [9.17, 15) is 14.7 Å². The molecule has 0 aliphatic carbocycles. The van der Waals surface area contributed by atoms with Crippen LogP contribution >= 0.6 is 23.2 Å². The second-order valence-electron chi connectivity index (χ2n) is 8.51. The number of furan rings is 1. The molecule has 0 fully saturated rings. The van der Waals surface area contributed by atoms with Gasteiger partial charge in [-0.2, -0.15) is 0 Å². The predicted octanol–water partition coefficient (Wildman–Crippen LogP) is 7.68. The molecule has 4 aromatic carbocycles. The van der Waals surface area contributed by atoms with Gasteiger partial charge in [-0.15, -0.1) is 0 Å². The van der Waals surface area contributed by atoms with Crippen LogP contribution in [0.25, 0.3) is 21.7 Å². The van der Waals surface area contributed by atoms with Crippen LogP contribution in [0.2, 0.25) is 10.0 Å². The van der Waals surface area contributed by atoms with Gasteiger partial charge in [0.15, 0.2) is 11.5 Å². The number of amides is 1. The molecule has 36 heavy (non-hydrogen) atoms. The number of benzene rings is 4. The Bertz CT molecular complexity index is 1730. The number of rotatable bonds is 4. The molecule has 0 saturated heterocycles. The third kappa shape index (κ3) is 3.56. The molecule has 1 aliphatic heterocycles. The van der Waals surface area contributed by atoms with Gasteiger partial charge in [-0.05, 0) is 58.8 Å². The fourth-order valence-electron chi connectivity index (χ4n) is 4.77. The van der Waals surface area contributed by atoms with Crippen molar-refractivity contribution in [1.82, 2.24) is 0 Å². The van der Waals surface area contributed by atoms with Crippen molar-refractivity contribution in [2.24, 2.45) is 0 Å². The van der Waals surface area contributed by atoms with Crippen LogP contribution in [-0.2, 0) is 4.79 Å². The van der Waals surface area contributed by atoms with Gasteiger partial charge in [0.1, 0.15) is 5.58 Å². The average molecular weight is 514 g/mol. The van der Waals surface area contributed by atoms with E-state index >= 15 is 0 Å². The first-order chi connectivity index (χ1) is 17.4. The van der Waals surface area contributed by atoms with Gasteiger partial charge >= 0.3 is 0 Å². The Kier molecular flexibility index (Phi) is 5.32. The van der Waals surface area contributed by atoms with Crippen molar-refractivity contribution in [1.29, 1.82) is 0 Å². The molecule has 1 N–H and O–H groups in total. The van der Waals surface area contributed by atoms with Crippen LogP contribution in [0.1, 0.15) is 22.2 Å². The summed E-state index contributed by atoms with van der Waals surface area (Å²) in [5.74, 6) is -1.91. The van der Waals surface area contributed by atoms with Gasteiger partial charge in [-0.3, -0.25) is 14.5 Å². The van der Waals surface area contributed by atoms with Crippen molar-refractivity contribution >= 4 is 62.3 Å². The second-order valence-corrected chi connectivity index (χ2v) is 9.38. The van der Waals surface area contributed by atoms with E-state index in [1.807, 2.05) is 42.5 Å². The van der Waals surface area contributed by atoms with Crippen molar-refractivity contribution < 1.29 is 19.1 Å². The minimum Gasteiger partial charge on any atom is -0.503 e. The topological polar surface area (TPSA) is 70.8 Å². The van der Waals surface area contributed by atoms with Crippen LogP contribution in [0.3, 0.4) is 0 Å². The summed E-state index contributed by atoms with van der Waals surface area (Å²) in [5.41, 5.74) is 1.55. The first-order valence-electron chi connectivity index (χ1n) is 11.2. The fourth-order valence-corrected chi connectivity index (χ4v) is 5.14. The van der Waals surface area contributed by atoms with Gasteiger partial charge in [-0.25, -0.2) is 0 Å². The molecule has 7 heteroatoms. The second kappa shape index (κ2) is 8.55. The van der Waals surface area contributed by atoms with Gasteiger partial charge in [0.05, 0.1) is 11.6 Å². The molecule has 2 heterocycles. The monoisotopic (exact) mass is 513 g/mol. The number of nitrogens with zero attached hydrogens (tertiary/aromatic N) is 1. The van der Waals surface area contributed by atoms with Crippen LogP contribution in [0.5, 0.6) is 0 Å². The zero-order valence-electron chi connectivity index (χ0n) is 18.6. The number of fused-ring (bicyclic) bond motifs is 2. The number of aliphatic hydroxyl groups excluding tert-OH is 1. The zero-order valence-corrected chi connectivity index (χ0v) is 20.1. The Morgan fingerprint density at radius 1 is 0.833 bits per heavy atom. The Balaban J connectivity index is 1.57. The first kappa shape index (κ1) is 22.4. The third-order valence-corrected chi connectivity index (χ3v) is 6.83. The van der Waals surface area contributed by atoms with Crippen molar-refractivity contribution in [2.45, 2.75) is 6.04 Å². The smallest absolute Gasteiger partial charge is 0.294 e. The number of carbonyl (C=O) groups excluding carboxylic acids is 2. The number of hydrogen-bond acceptors (Lipinski definition) is 4. The molecule has 6 rings (SSSR count). The lowest BCUT2D eigenvalue weighted by Gasteiger charge is -2.28. The van der Waals surface area contributed by atoms with E-state index in [1.165, 1.54) is 4.90 Å². The number of halogens is 2. The largest absolute Gasteiger partial charge is 0.503 e. The Hall–Kier alpha value is -4.06. The number of anilines is 1. The minimum absolute atomic E-state index is 0.000188. The summed E-state index contributed by atoms with van der Waals surface area (Å²) in [6, 6.07) is 25.8. The normalized spacial score (nSPS) is 15.9. The standard InChI is InChI=1S/C29H17Cl2NO4/c30-18-7-4-8-20(15-18)32-26(22-10-3-6-16-5-1-2-9-21(16)22)25(28(34)29(32)35)27(33)24-14-17-13-19(31)11-12-23(17)36-24/h1-15,26,34H. The Morgan fingerprint density at radius 2 is 1.58 bits per heavy atom. The van der Waals surface area contributed by atoms with Crippen LogP contribution in [0.15, 0.2) is 107 Å². The molecule has 1 amide bonds. The average Bonchev–Trinajstić information content (AvgIpc) is 3.41. The molecular weight excluding hydrogens is 497 g/mol. The SMILES string of the molecule is O=C(C1=C(O)C(=O)N(c2cccc(Cl)c2)C1c1cccc2ccccc12)c1cc2cc(Cl)ccc2o1. The number of carbonyl (C=O) groups is 2. The number of hydrogen-bond donors (Lipinski definition) is 1. The first-order valence-corrected chi connectivity index (χ1v) is 11.9. The molecule has 0 bridgehead atoms. The van der Waals surface area contributed by atoms with Crippen molar-refractivity contribution in [3.8, 4) is 0 Å². The van der Waals surface area contributed by atoms with Gasteiger partial charge in [0.25, 0.3) is 5.91 Å². The lowest BCUT2D eigenvalue weighted by atomic mass is 9.91. The highest BCUT2D eigenvalue weighted by atomic mass is 35.5. The Morgan fingerprint density at radius 3 is 2.42 bits per heavy atom. The molecule has 0 spiro atoms. The number of ketones is 1. The van der Waals surface area contributed by atoms with Crippen LogP contribution < -0.4 is 4.90 Å². The van der Waals surface area contributed by atoms with Gasteiger partial charge in [0, 0.05) is 21.1 Å². The number of aliphatic hydroxyl groups is 1. The zero-order chi connectivity index (χ0) is 25.0. The summed E-state index contributed by atoms with van der Waals surface area (Å²) < 4.78 is 5.81. The molecule has 176 valence electrons. The maximum absolute atomic E-state index is 13.9.